The third-order valence-electron chi connectivity index (χ3n) is 4.27. The Morgan fingerprint density at radius 1 is 1.07 bits per heavy atom. The molecule has 3 aromatic rings. The van der Waals surface area contributed by atoms with Crippen LogP contribution in [0.3, 0.4) is 0 Å². The Hall–Kier alpha value is -2.98. The number of nitrogens with one attached hydrogen (secondary N) is 1. The Kier molecular flexibility index (Phi) is 4.99. The van der Waals surface area contributed by atoms with E-state index >= 15 is 0 Å². The zero-order valence-corrected chi connectivity index (χ0v) is 15.2. The lowest BCUT2D eigenvalue weighted by atomic mass is 10.2. The maximum Gasteiger partial charge on any atom is 0.283 e. The molecule has 27 heavy (non-hydrogen) atoms. The van der Waals surface area contributed by atoms with Gasteiger partial charge in [0.2, 0.25) is 5.16 Å². The fourth-order valence-electron chi connectivity index (χ4n) is 2.93. The minimum atomic E-state index is -0.374. The predicted octanol–water partition coefficient (Wildman–Crippen LogP) is 2.13. The highest BCUT2D eigenvalue weighted by Gasteiger charge is 2.21. The molecule has 0 spiro atoms. The molecule has 1 saturated heterocycles. The third-order valence-corrected chi connectivity index (χ3v) is 5.25. The minimum Gasteiger partial charge on any atom is -0.369 e. The molecule has 0 saturated carbocycles. The number of aromatic nitrogens is 4. The number of benzene rings is 2. The van der Waals surface area contributed by atoms with Gasteiger partial charge in [0.25, 0.3) is 5.69 Å². The summed E-state index contributed by atoms with van der Waals surface area (Å²) >= 11 is 1.19. The number of hydrogen-bond acceptors (Lipinski definition) is 8. The molecular weight excluding hydrogens is 366 g/mol. The first kappa shape index (κ1) is 17.4. The Balaban J connectivity index is 1.69. The maximum absolute atomic E-state index is 11.5. The zero-order valence-electron chi connectivity index (χ0n) is 14.4. The van der Waals surface area contributed by atoms with E-state index in [1.54, 1.807) is 16.8 Å². The van der Waals surface area contributed by atoms with Crippen molar-refractivity contribution in [3.8, 4) is 5.69 Å². The molecule has 0 unspecified atom stereocenters. The van der Waals surface area contributed by atoms with Gasteiger partial charge in [0, 0.05) is 37.9 Å². The summed E-state index contributed by atoms with van der Waals surface area (Å²) in [5.74, 6) is 0. The summed E-state index contributed by atoms with van der Waals surface area (Å²) in [5, 5.41) is 27.1. The van der Waals surface area contributed by atoms with Crippen LogP contribution < -0.4 is 10.2 Å². The smallest absolute Gasteiger partial charge is 0.283 e. The van der Waals surface area contributed by atoms with Crippen molar-refractivity contribution in [3.05, 3.63) is 58.6 Å². The third kappa shape index (κ3) is 3.76. The van der Waals surface area contributed by atoms with Crippen molar-refractivity contribution in [2.75, 3.05) is 31.1 Å². The number of nitro groups is 1. The van der Waals surface area contributed by atoms with E-state index in [0.29, 0.717) is 10.1 Å². The Bertz CT molecular complexity index is 941. The van der Waals surface area contributed by atoms with Gasteiger partial charge in [0.1, 0.15) is 0 Å². The fourth-order valence-corrected chi connectivity index (χ4v) is 3.86. The Morgan fingerprint density at radius 2 is 1.85 bits per heavy atom. The lowest BCUT2D eigenvalue weighted by Gasteiger charge is -2.29. The van der Waals surface area contributed by atoms with Gasteiger partial charge < -0.3 is 10.2 Å². The van der Waals surface area contributed by atoms with Gasteiger partial charge >= 0.3 is 0 Å². The summed E-state index contributed by atoms with van der Waals surface area (Å²) in [7, 11) is 0. The van der Waals surface area contributed by atoms with E-state index in [4.69, 9.17) is 0 Å². The van der Waals surface area contributed by atoms with Crippen LogP contribution >= 0.6 is 11.8 Å². The second-order valence-corrected chi connectivity index (χ2v) is 6.97. The molecule has 0 radical (unpaired) electrons. The summed E-state index contributed by atoms with van der Waals surface area (Å²) in [5.41, 5.74) is 1.80. The molecule has 1 aliphatic rings. The molecule has 2 aromatic carbocycles. The Labute approximate surface area is 159 Å². The quantitative estimate of drug-likeness (QED) is 0.528. The van der Waals surface area contributed by atoms with E-state index in [1.165, 1.54) is 11.8 Å². The van der Waals surface area contributed by atoms with Crippen LogP contribution in [0.25, 0.3) is 5.69 Å². The van der Waals surface area contributed by atoms with Crippen LogP contribution in [-0.2, 0) is 0 Å². The van der Waals surface area contributed by atoms with Gasteiger partial charge in [-0.3, -0.25) is 10.1 Å². The molecular formula is C17H17N7O2S. The lowest BCUT2D eigenvalue weighted by Crippen LogP contribution is -2.43. The summed E-state index contributed by atoms with van der Waals surface area (Å²) in [6.45, 7) is 3.52. The normalized spacial score (nSPS) is 14.3. The molecule has 0 bridgehead atoms. The van der Waals surface area contributed by atoms with Crippen molar-refractivity contribution in [2.45, 2.75) is 10.1 Å². The standard InChI is InChI=1S/C17H17N7O2S/c25-24(26)15-7-6-14(22-10-8-18-9-11-22)12-16(15)27-17-19-20-21-23(17)13-4-2-1-3-5-13/h1-7,12,18H,8-11H2. The van der Waals surface area contributed by atoms with Crippen LogP contribution in [0.15, 0.2) is 58.6 Å². The van der Waals surface area contributed by atoms with Crippen molar-refractivity contribution < 1.29 is 4.92 Å². The first-order chi connectivity index (χ1) is 13.2. The fraction of sp³-hybridized carbons (Fsp3) is 0.235. The molecule has 0 amide bonds. The summed E-state index contributed by atoms with van der Waals surface area (Å²) in [6.07, 6.45) is 0. The zero-order chi connectivity index (χ0) is 18.6. The van der Waals surface area contributed by atoms with Crippen LogP contribution in [0.1, 0.15) is 0 Å². The van der Waals surface area contributed by atoms with Gasteiger partial charge in [0.15, 0.2) is 0 Å². The lowest BCUT2D eigenvalue weighted by molar-refractivity contribution is -0.387. The second-order valence-electron chi connectivity index (χ2n) is 5.96. The number of rotatable bonds is 5. The van der Waals surface area contributed by atoms with E-state index in [-0.39, 0.29) is 10.6 Å². The number of para-hydroxylation sites is 1. The molecule has 138 valence electrons. The van der Waals surface area contributed by atoms with E-state index in [0.717, 1.165) is 37.6 Å². The number of hydrogen-bond donors (Lipinski definition) is 1. The number of nitrogens with zero attached hydrogens (tertiary/aromatic N) is 6. The van der Waals surface area contributed by atoms with Crippen molar-refractivity contribution in [1.82, 2.24) is 25.5 Å². The number of piperazine rings is 1. The first-order valence-corrected chi connectivity index (χ1v) is 9.30. The molecule has 9 nitrogen and oxygen atoms in total. The first-order valence-electron chi connectivity index (χ1n) is 8.48. The number of anilines is 1. The molecule has 0 aliphatic carbocycles. The van der Waals surface area contributed by atoms with Crippen molar-refractivity contribution in [2.24, 2.45) is 0 Å². The monoisotopic (exact) mass is 383 g/mol. The second kappa shape index (κ2) is 7.72. The van der Waals surface area contributed by atoms with Gasteiger partial charge in [-0.15, -0.1) is 5.10 Å². The maximum atomic E-state index is 11.5. The molecule has 1 N–H and O–H groups in total. The highest BCUT2D eigenvalue weighted by atomic mass is 32.2. The summed E-state index contributed by atoms with van der Waals surface area (Å²) in [4.78, 5) is 13.9. The largest absolute Gasteiger partial charge is 0.369 e. The number of tetrazole rings is 1. The van der Waals surface area contributed by atoms with Crippen molar-refractivity contribution >= 4 is 23.1 Å². The summed E-state index contributed by atoms with van der Waals surface area (Å²) < 4.78 is 1.58. The molecule has 1 fully saturated rings. The van der Waals surface area contributed by atoms with Gasteiger partial charge in [-0.25, -0.2) is 0 Å². The molecule has 0 atom stereocenters. The average molecular weight is 383 g/mol. The van der Waals surface area contributed by atoms with Crippen molar-refractivity contribution in [3.63, 3.8) is 0 Å². The minimum absolute atomic E-state index is 0.0431. The van der Waals surface area contributed by atoms with E-state index in [2.05, 4.69) is 25.7 Å². The van der Waals surface area contributed by atoms with E-state index < -0.39 is 0 Å². The van der Waals surface area contributed by atoms with E-state index in [9.17, 15) is 10.1 Å². The Morgan fingerprint density at radius 3 is 2.59 bits per heavy atom. The molecule has 2 heterocycles. The van der Waals surface area contributed by atoms with Gasteiger partial charge in [-0.05, 0) is 46.5 Å². The highest BCUT2D eigenvalue weighted by Crippen LogP contribution is 2.37. The van der Waals surface area contributed by atoms with Crippen LogP contribution in [0.2, 0.25) is 0 Å². The van der Waals surface area contributed by atoms with Gasteiger partial charge in [0.05, 0.1) is 15.5 Å². The number of nitro benzene ring substituents is 1. The molecule has 1 aromatic heterocycles. The topological polar surface area (TPSA) is 102 Å². The van der Waals surface area contributed by atoms with Crippen LogP contribution in [-0.4, -0.2) is 51.3 Å². The average Bonchev–Trinajstić information content (AvgIpc) is 3.17. The SMILES string of the molecule is O=[N+]([O-])c1ccc(N2CCNCC2)cc1Sc1nnnn1-c1ccccc1. The molecule has 4 rings (SSSR count). The highest BCUT2D eigenvalue weighted by molar-refractivity contribution is 7.99. The summed E-state index contributed by atoms with van der Waals surface area (Å²) in [6, 6.07) is 14.6. The van der Waals surface area contributed by atoms with Crippen molar-refractivity contribution in [1.29, 1.82) is 0 Å². The van der Waals surface area contributed by atoms with Crippen LogP contribution in [0.4, 0.5) is 11.4 Å². The molecule has 1 aliphatic heterocycles. The van der Waals surface area contributed by atoms with Gasteiger partial charge in [-0.2, -0.15) is 4.68 Å². The van der Waals surface area contributed by atoms with Crippen LogP contribution in [0.5, 0.6) is 0 Å². The van der Waals surface area contributed by atoms with Gasteiger partial charge in [-0.1, -0.05) is 18.2 Å². The van der Waals surface area contributed by atoms with Crippen LogP contribution in [0, 0.1) is 10.1 Å². The molecule has 10 heteroatoms. The predicted molar refractivity (Wildman–Crippen MR) is 101 cm³/mol. The van der Waals surface area contributed by atoms with E-state index in [1.807, 2.05) is 36.4 Å².